The summed E-state index contributed by atoms with van der Waals surface area (Å²) >= 11 is 0. The van der Waals surface area contributed by atoms with Crippen LogP contribution in [0.15, 0.2) is 0 Å². The number of amides is 1. The van der Waals surface area contributed by atoms with Crippen molar-refractivity contribution in [1.29, 1.82) is 0 Å². The van der Waals surface area contributed by atoms with Crippen molar-refractivity contribution in [2.75, 3.05) is 6.54 Å². The minimum absolute atomic E-state index is 0.181. The highest BCUT2D eigenvalue weighted by molar-refractivity contribution is 5.78. The molecule has 0 saturated heterocycles. The van der Waals surface area contributed by atoms with Gasteiger partial charge in [0.05, 0.1) is 6.54 Å². The lowest BCUT2D eigenvalue weighted by molar-refractivity contribution is -0.121. The topological polar surface area (TPSA) is 41.1 Å². The summed E-state index contributed by atoms with van der Waals surface area (Å²) in [6.45, 7) is 2.76. The van der Waals surface area contributed by atoms with Gasteiger partial charge in [-0.2, -0.15) is 0 Å². The molecule has 2 saturated carbocycles. The maximum Gasteiger partial charge on any atom is 0.234 e. The highest BCUT2D eigenvalue weighted by atomic mass is 16.2. The number of nitrogens with one attached hydrogen (secondary N) is 2. The Hall–Kier alpha value is -0.570. The fraction of sp³-hybridized carbons (Fsp3) is 0.917. The molecule has 15 heavy (non-hydrogen) atoms. The van der Waals surface area contributed by atoms with Gasteiger partial charge in [-0.15, -0.1) is 0 Å². The van der Waals surface area contributed by atoms with Gasteiger partial charge in [-0.1, -0.05) is 19.8 Å². The van der Waals surface area contributed by atoms with Crippen LogP contribution in [0.2, 0.25) is 0 Å². The van der Waals surface area contributed by atoms with Crippen molar-refractivity contribution in [3.05, 3.63) is 0 Å². The number of hydrogen-bond donors (Lipinski definition) is 2. The van der Waals surface area contributed by atoms with E-state index in [0.29, 0.717) is 24.5 Å². The van der Waals surface area contributed by atoms with Crippen LogP contribution in [-0.2, 0) is 4.79 Å². The maximum absolute atomic E-state index is 11.6. The van der Waals surface area contributed by atoms with E-state index in [1.54, 1.807) is 0 Å². The normalized spacial score (nSPS) is 31.3. The molecule has 0 aromatic heterocycles. The lowest BCUT2D eigenvalue weighted by Crippen LogP contribution is -2.45. The van der Waals surface area contributed by atoms with E-state index in [9.17, 15) is 4.79 Å². The second-order valence-corrected chi connectivity index (χ2v) is 5.09. The molecule has 2 aliphatic rings. The van der Waals surface area contributed by atoms with Crippen LogP contribution in [0.3, 0.4) is 0 Å². The van der Waals surface area contributed by atoms with Crippen molar-refractivity contribution in [3.63, 3.8) is 0 Å². The number of carbonyl (C=O) groups is 1. The van der Waals surface area contributed by atoms with Crippen LogP contribution < -0.4 is 10.6 Å². The quantitative estimate of drug-likeness (QED) is 0.737. The molecule has 0 radical (unpaired) electrons. The molecule has 3 heteroatoms. The zero-order valence-corrected chi connectivity index (χ0v) is 9.59. The summed E-state index contributed by atoms with van der Waals surface area (Å²) in [6, 6.07) is 1.05. The summed E-state index contributed by atoms with van der Waals surface area (Å²) < 4.78 is 0. The molecule has 0 aliphatic heterocycles. The first-order valence-electron chi connectivity index (χ1n) is 6.28. The molecule has 2 N–H and O–H groups in total. The molecular formula is C12H22N2O. The third kappa shape index (κ3) is 3.49. The lowest BCUT2D eigenvalue weighted by atomic mass is 9.86. The molecule has 0 heterocycles. The standard InChI is InChI=1S/C12H22N2O/c1-9-4-2-3-5-11(9)14-12(15)8-13-10-6-7-10/h9-11,13H,2-8H2,1H3,(H,14,15)/t9-,11-/m1/s1. The Morgan fingerprint density at radius 1 is 1.20 bits per heavy atom. The number of rotatable bonds is 4. The molecule has 0 spiro atoms. The van der Waals surface area contributed by atoms with E-state index >= 15 is 0 Å². The van der Waals surface area contributed by atoms with Gasteiger partial charge in [0.25, 0.3) is 0 Å². The van der Waals surface area contributed by atoms with Gasteiger partial charge >= 0.3 is 0 Å². The zero-order chi connectivity index (χ0) is 10.7. The maximum atomic E-state index is 11.6. The van der Waals surface area contributed by atoms with Crippen molar-refractivity contribution >= 4 is 5.91 Å². The SMILES string of the molecule is C[C@@H]1CCCC[C@H]1NC(=O)CNC1CC1. The predicted octanol–water partition coefficient (Wildman–Crippen LogP) is 1.43. The average Bonchev–Trinajstić information content (AvgIpc) is 3.02. The van der Waals surface area contributed by atoms with Gasteiger partial charge in [0.15, 0.2) is 0 Å². The van der Waals surface area contributed by atoms with Crippen molar-refractivity contribution in [1.82, 2.24) is 10.6 Å². The second-order valence-electron chi connectivity index (χ2n) is 5.09. The first kappa shape index (κ1) is 10.9. The van der Waals surface area contributed by atoms with Crippen LogP contribution >= 0.6 is 0 Å². The summed E-state index contributed by atoms with van der Waals surface area (Å²) in [6.07, 6.45) is 7.51. The van der Waals surface area contributed by atoms with Crippen LogP contribution in [0, 0.1) is 5.92 Å². The minimum atomic E-state index is 0.181. The van der Waals surface area contributed by atoms with E-state index in [-0.39, 0.29) is 5.91 Å². The van der Waals surface area contributed by atoms with Crippen molar-refractivity contribution in [2.45, 2.75) is 57.5 Å². The molecule has 1 amide bonds. The first-order chi connectivity index (χ1) is 7.25. The molecule has 2 atom stereocenters. The average molecular weight is 210 g/mol. The summed E-state index contributed by atoms with van der Waals surface area (Å²) in [5, 5.41) is 6.40. The van der Waals surface area contributed by atoms with E-state index in [1.165, 1.54) is 32.1 Å². The number of carbonyl (C=O) groups excluding carboxylic acids is 1. The molecule has 3 nitrogen and oxygen atoms in total. The van der Waals surface area contributed by atoms with Gasteiger partial charge in [-0.3, -0.25) is 4.79 Å². The molecule has 0 bridgehead atoms. The van der Waals surface area contributed by atoms with Gasteiger partial charge in [-0.05, 0) is 31.6 Å². The summed E-state index contributed by atoms with van der Waals surface area (Å²) in [5.41, 5.74) is 0. The van der Waals surface area contributed by atoms with Crippen LogP contribution in [0.5, 0.6) is 0 Å². The summed E-state index contributed by atoms with van der Waals surface area (Å²) in [7, 11) is 0. The molecule has 0 unspecified atom stereocenters. The third-order valence-corrected chi connectivity index (χ3v) is 3.59. The van der Waals surface area contributed by atoms with Crippen molar-refractivity contribution < 1.29 is 4.79 Å². The van der Waals surface area contributed by atoms with Gasteiger partial charge in [0, 0.05) is 12.1 Å². The van der Waals surface area contributed by atoms with E-state index in [1.807, 2.05) is 0 Å². The fourth-order valence-electron chi connectivity index (χ4n) is 2.31. The van der Waals surface area contributed by atoms with Crippen LogP contribution in [-0.4, -0.2) is 24.5 Å². The van der Waals surface area contributed by atoms with Crippen LogP contribution in [0.1, 0.15) is 45.4 Å². The Morgan fingerprint density at radius 3 is 2.60 bits per heavy atom. The monoisotopic (exact) mass is 210 g/mol. The lowest BCUT2D eigenvalue weighted by Gasteiger charge is -2.29. The zero-order valence-electron chi connectivity index (χ0n) is 9.59. The van der Waals surface area contributed by atoms with Gasteiger partial charge in [-0.25, -0.2) is 0 Å². The Bertz CT molecular complexity index is 226. The highest BCUT2D eigenvalue weighted by Crippen LogP contribution is 2.23. The van der Waals surface area contributed by atoms with Crippen molar-refractivity contribution in [2.24, 2.45) is 5.92 Å². The van der Waals surface area contributed by atoms with Gasteiger partial charge in [0.2, 0.25) is 5.91 Å². The highest BCUT2D eigenvalue weighted by Gasteiger charge is 2.24. The minimum Gasteiger partial charge on any atom is -0.352 e. The molecule has 0 aromatic rings. The molecule has 86 valence electrons. The second kappa shape index (κ2) is 4.97. The van der Waals surface area contributed by atoms with Crippen molar-refractivity contribution in [3.8, 4) is 0 Å². The van der Waals surface area contributed by atoms with E-state index in [4.69, 9.17) is 0 Å². The fourth-order valence-corrected chi connectivity index (χ4v) is 2.31. The van der Waals surface area contributed by atoms with E-state index in [0.717, 1.165) is 6.42 Å². The van der Waals surface area contributed by atoms with Crippen LogP contribution in [0.4, 0.5) is 0 Å². The molecule has 2 fully saturated rings. The van der Waals surface area contributed by atoms with Crippen LogP contribution in [0.25, 0.3) is 0 Å². The molecular weight excluding hydrogens is 188 g/mol. The summed E-state index contributed by atoms with van der Waals surface area (Å²) in [5.74, 6) is 0.837. The predicted molar refractivity (Wildman–Crippen MR) is 60.6 cm³/mol. The Balaban J connectivity index is 1.66. The Labute approximate surface area is 92.0 Å². The van der Waals surface area contributed by atoms with Gasteiger partial charge in [0.1, 0.15) is 0 Å². The Kier molecular flexibility index (Phi) is 3.62. The first-order valence-corrected chi connectivity index (χ1v) is 6.28. The Morgan fingerprint density at radius 2 is 1.93 bits per heavy atom. The largest absolute Gasteiger partial charge is 0.352 e. The smallest absolute Gasteiger partial charge is 0.234 e. The molecule has 2 aliphatic carbocycles. The third-order valence-electron chi connectivity index (χ3n) is 3.59. The van der Waals surface area contributed by atoms with Gasteiger partial charge < -0.3 is 10.6 Å². The number of hydrogen-bond acceptors (Lipinski definition) is 2. The molecule has 2 rings (SSSR count). The van der Waals surface area contributed by atoms with E-state index < -0.39 is 0 Å². The summed E-state index contributed by atoms with van der Waals surface area (Å²) in [4.78, 5) is 11.6. The van der Waals surface area contributed by atoms with E-state index in [2.05, 4.69) is 17.6 Å². The molecule has 0 aromatic carbocycles.